The first-order valence-electron chi connectivity index (χ1n) is 4.95. The van der Waals surface area contributed by atoms with Gasteiger partial charge in [0.05, 0.1) is 22.5 Å². The molecular formula is C12H7ClF2N2O. The summed E-state index contributed by atoms with van der Waals surface area (Å²) in [5.41, 5.74) is 0.294. The van der Waals surface area contributed by atoms with Crippen LogP contribution < -0.4 is 5.32 Å². The Labute approximate surface area is 106 Å². The molecule has 0 atom stereocenters. The van der Waals surface area contributed by atoms with E-state index < -0.39 is 17.7 Å². The molecule has 2 rings (SSSR count). The number of pyridine rings is 1. The fraction of sp³-hybridized carbons (Fsp3) is 0. The predicted molar refractivity (Wildman–Crippen MR) is 63.6 cm³/mol. The minimum Gasteiger partial charge on any atom is -0.321 e. The van der Waals surface area contributed by atoms with E-state index in [1.165, 1.54) is 18.2 Å². The van der Waals surface area contributed by atoms with Crippen LogP contribution in [0.4, 0.5) is 14.5 Å². The quantitative estimate of drug-likeness (QED) is 0.850. The Kier molecular flexibility index (Phi) is 3.53. The molecule has 0 aliphatic heterocycles. The first kappa shape index (κ1) is 12.4. The van der Waals surface area contributed by atoms with Crippen LogP contribution >= 0.6 is 11.6 Å². The van der Waals surface area contributed by atoms with Crippen molar-refractivity contribution in [2.24, 2.45) is 0 Å². The van der Waals surface area contributed by atoms with Crippen LogP contribution in [0.15, 0.2) is 36.5 Å². The minimum atomic E-state index is -0.679. The van der Waals surface area contributed by atoms with Crippen LogP contribution in [-0.2, 0) is 0 Å². The molecule has 1 N–H and O–H groups in total. The van der Waals surface area contributed by atoms with Gasteiger partial charge in [-0.25, -0.2) is 9.37 Å². The molecule has 18 heavy (non-hydrogen) atoms. The van der Waals surface area contributed by atoms with E-state index >= 15 is 0 Å². The third-order valence-corrected chi connectivity index (χ3v) is 2.57. The molecule has 1 heterocycles. The molecule has 0 radical (unpaired) electrons. The first-order valence-corrected chi connectivity index (χ1v) is 5.32. The maximum atomic E-state index is 13.2. The summed E-state index contributed by atoms with van der Waals surface area (Å²) >= 11 is 5.67. The summed E-state index contributed by atoms with van der Waals surface area (Å²) in [6, 6.07) is 6.35. The Bertz CT molecular complexity index is 587. The Morgan fingerprint density at radius 1 is 1.22 bits per heavy atom. The minimum absolute atomic E-state index is 0.000918. The highest BCUT2D eigenvalue weighted by Gasteiger charge is 2.13. The lowest BCUT2D eigenvalue weighted by Crippen LogP contribution is -2.13. The SMILES string of the molecule is O=C(Nc1ccc(F)nc1)c1cccc(F)c1Cl. The summed E-state index contributed by atoms with van der Waals surface area (Å²) in [5, 5.41) is 2.18. The van der Waals surface area contributed by atoms with Gasteiger partial charge >= 0.3 is 0 Å². The summed E-state index contributed by atoms with van der Waals surface area (Å²) in [6.07, 6.45) is 1.15. The molecule has 1 amide bonds. The molecule has 0 fully saturated rings. The number of carbonyl (C=O) groups is 1. The normalized spacial score (nSPS) is 10.2. The number of carbonyl (C=O) groups excluding carboxylic acids is 1. The van der Waals surface area contributed by atoms with Crippen molar-refractivity contribution >= 4 is 23.2 Å². The molecule has 0 aliphatic rings. The molecular weight excluding hydrogens is 262 g/mol. The van der Waals surface area contributed by atoms with Gasteiger partial charge in [0, 0.05) is 0 Å². The fourth-order valence-corrected chi connectivity index (χ4v) is 1.54. The van der Waals surface area contributed by atoms with Crippen molar-refractivity contribution in [3.63, 3.8) is 0 Å². The zero-order valence-corrected chi connectivity index (χ0v) is 9.71. The lowest BCUT2D eigenvalue weighted by molar-refractivity contribution is 0.102. The van der Waals surface area contributed by atoms with Crippen molar-refractivity contribution in [1.29, 1.82) is 0 Å². The fourth-order valence-electron chi connectivity index (χ4n) is 1.33. The molecule has 0 saturated heterocycles. The Morgan fingerprint density at radius 2 is 2.00 bits per heavy atom. The van der Waals surface area contributed by atoms with E-state index in [0.29, 0.717) is 5.69 Å². The van der Waals surface area contributed by atoms with Crippen molar-refractivity contribution in [2.75, 3.05) is 5.32 Å². The van der Waals surface area contributed by atoms with E-state index in [4.69, 9.17) is 11.6 Å². The lowest BCUT2D eigenvalue weighted by atomic mass is 10.2. The number of hydrogen-bond donors (Lipinski definition) is 1. The van der Waals surface area contributed by atoms with Crippen molar-refractivity contribution in [3.8, 4) is 0 Å². The van der Waals surface area contributed by atoms with E-state index in [9.17, 15) is 13.6 Å². The van der Waals surface area contributed by atoms with Gasteiger partial charge < -0.3 is 5.32 Å². The second-order valence-corrected chi connectivity index (χ2v) is 3.80. The number of aromatic nitrogens is 1. The largest absolute Gasteiger partial charge is 0.321 e. The van der Waals surface area contributed by atoms with Crippen LogP contribution in [0.1, 0.15) is 10.4 Å². The van der Waals surface area contributed by atoms with E-state index in [1.54, 1.807) is 0 Å². The number of amides is 1. The summed E-state index contributed by atoms with van der Waals surface area (Å²) < 4.78 is 25.7. The molecule has 3 nitrogen and oxygen atoms in total. The van der Waals surface area contributed by atoms with Crippen LogP contribution in [0, 0.1) is 11.8 Å². The maximum Gasteiger partial charge on any atom is 0.257 e. The van der Waals surface area contributed by atoms with Crippen molar-refractivity contribution in [3.05, 3.63) is 58.9 Å². The summed E-state index contributed by atoms with van der Waals surface area (Å²) in [4.78, 5) is 15.2. The molecule has 0 saturated carbocycles. The topological polar surface area (TPSA) is 42.0 Å². The number of nitrogens with one attached hydrogen (secondary N) is 1. The Balaban J connectivity index is 2.22. The molecule has 0 bridgehead atoms. The van der Waals surface area contributed by atoms with Crippen LogP contribution in [0.3, 0.4) is 0 Å². The van der Waals surface area contributed by atoms with Gasteiger partial charge in [-0.2, -0.15) is 4.39 Å². The summed E-state index contributed by atoms with van der Waals surface area (Å²) in [5.74, 6) is -1.92. The lowest BCUT2D eigenvalue weighted by Gasteiger charge is -2.06. The second kappa shape index (κ2) is 5.10. The molecule has 0 unspecified atom stereocenters. The standard InChI is InChI=1S/C12H7ClF2N2O/c13-11-8(2-1-3-9(11)14)12(18)17-7-4-5-10(15)16-6-7/h1-6H,(H,17,18). The van der Waals surface area contributed by atoms with Gasteiger partial charge in [-0.15, -0.1) is 0 Å². The smallest absolute Gasteiger partial charge is 0.257 e. The first-order chi connectivity index (χ1) is 8.58. The van der Waals surface area contributed by atoms with Crippen molar-refractivity contribution in [1.82, 2.24) is 4.98 Å². The number of anilines is 1. The third kappa shape index (κ3) is 2.62. The highest BCUT2D eigenvalue weighted by molar-refractivity contribution is 6.34. The second-order valence-electron chi connectivity index (χ2n) is 3.43. The van der Waals surface area contributed by atoms with Gasteiger partial charge in [0.2, 0.25) is 5.95 Å². The van der Waals surface area contributed by atoms with Gasteiger partial charge in [0.1, 0.15) is 5.82 Å². The highest BCUT2D eigenvalue weighted by Crippen LogP contribution is 2.20. The van der Waals surface area contributed by atoms with E-state index in [2.05, 4.69) is 10.3 Å². The van der Waals surface area contributed by atoms with Gasteiger partial charge in [-0.3, -0.25) is 4.79 Å². The number of nitrogens with zero attached hydrogens (tertiary/aromatic N) is 1. The molecule has 1 aromatic heterocycles. The Hall–Kier alpha value is -2.01. The van der Waals surface area contributed by atoms with Crippen LogP contribution in [-0.4, -0.2) is 10.9 Å². The van der Waals surface area contributed by atoms with E-state index in [1.807, 2.05) is 0 Å². The zero-order valence-electron chi connectivity index (χ0n) is 8.95. The number of hydrogen-bond acceptors (Lipinski definition) is 2. The van der Waals surface area contributed by atoms with Crippen molar-refractivity contribution < 1.29 is 13.6 Å². The average Bonchev–Trinajstić information content (AvgIpc) is 2.35. The van der Waals surface area contributed by atoms with Gasteiger partial charge in [-0.1, -0.05) is 17.7 Å². The molecule has 6 heteroatoms. The van der Waals surface area contributed by atoms with E-state index in [-0.39, 0.29) is 10.6 Å². The zero-order chi connectivity index (χ0) is 13.1. The number of benzene rings is 1. The number of rotatable bonds is 2. The van der Waals surface area contributed by atoms with Crippen LogP contribution in [0.5, 0.6) is 0 Å². The van der Waals surface area contributed by atoms with Gasteiger partial charge in [0.25, 0.3) is 5.91 Å². The molecule has 0 aliphatic carbocycles. The van der Waals surface area contributed by atoms with Crippen LogP contribution in [0.2, 0.25) is 5.02 Å². The summed E-state index contributed by atoms with van der Waals surface area (Å²) in [6.45, 7) is 0. The molecule has 0 spiro atoms. The molecule has 92 valence electrons. The monoisotopic (exact) mass is 268 g/mol. The van der Waals surface area contributed by atoms with Gasteiger partial charge in [-0.05, 0) is 24.3 Å². The number of halogens is 3. The summed E-state index contributed by atoms with van der Waals surface area (Å²) in [7, 11) is 0. The van der Waals surface area contributed by atoms with Gasteiger partial charge in [0.15, 0.2) is 0 Å². The average molecular weight is 269 g/mol. The Morgan fingerprint density at radius 3 is 2.67 bits per heavy atom. The highest BCUT2D eigenvalue weighted by atomic mass is 35.5. The molecule has 1 aromatic carbocycles. The maximum absolute atomic E-state index is 13.2. The third-order valence-electron chi connectivity index (χ3n) is 2.18. The predicted octanol–water partition coefficient (Wildman–Crippen LogP) is 3.27. The van der Waals surface area contributed by atoms with Crippen molar-refractivity contribution in [2.45, 2.75) is 0 Å². The van der Waals surface area contributed by atoms with E-state index in [0.717, 1.165) is 18.3 Å². The van der Waals surface area contributed by atoms with Crippen LogP contribution in [0.25, 0.3) is 0 Å². The molecule has 2 aromatic rings.